The van der Waals surface area contributed by atoms with Crippen LogP contribution in [0, 0.1) is 5.92 Å². The maximum Gasteiger partial charge on any atom is 0.0375 e. The van der Waals surface area contributed by atoms with Crippen LogP contribution in [0.3, 0.4) is 0 Å². The summed E-state index contributed by atoms with van der Waals surface area (Å²) in [5, 5.41) is 3.44. The molecule has 1 aromatic carbocycles. The Labute approximate surface area is 157 Å². The van der Waals surface area contributed by atoms with Crippen LogP contribution in [0.1, 0.15) is 31.9 Å². The first-order chi connectivity index (χ1) is 9.11. The van der Waals surface area contributed by atoms with Gasteiger partial charge in [0.15, 0.2) is 0 Å². The molecular weight excluding hydrogens is 439 g/mol. The molecule has 1 aliphatic heterocycles. The molecular formula is C15H24Br2Cl2N2. The summed E-state index contributed by atoms with van der Waals surface area (Å²) < 4.78 is 2.31. The zero-order chi connectivity index (χ0) is 13.8. The highest BCUT2D eigenvalue weighted by Crippen LogP contribution is 2.34. The van der Waals surface area contributed by atoms with Gasteiger partial charge in [-0.15, -0.1) is 24.8 Å². The fraction of sp³-hybridized carbons (Fsp3) is 0.600. The van der Waals surface area contributed by atoms with Crippen molar-refractivity contribution in [3.63, 3.8) is 0 Å². The van der Waals surface area contributed by atoms with E-state index in [1.165, 1.54) is 12.0 Å². The van der Waals surface area contributed by atoms with Crippen molar-refractivity contribution in [1.29, 1.82) is 0 Å². The van der Waals surface area contributed by atoms with Gasteiger partial charge in [0.05, 0.1) is 0 Å². The van der Waals surface area contributed by atoms with Gasteiger partial charge in [0.1, 0.15) is 0 Å². The van der Waals surface area contributed by atoms with Crippen LogP contribution in [0.4, 0.5) is 0 Å². The average molecular weight is 463 g/mol. The Hall–Kier alpha value is 0.680. The van der Waals surface area contributed by atoms with E-state index in [9.17, 15) is 0 Å². The average Bonchev–Trinajstić information content (AvgIpc) is 2.39. The molecule has 6 heteroatoms. The molecule has 0 aromatic heterocycles. The van der Waals surface area contributed by atoms with Gasteiger partial charge in [0.2, 0.25) is 0 Å². The van der Waals surface area contributed by atoms with Gasteiger partial charge >= 0.3 is 0 Å². The third kappa shape index (κ3) is 6.00. The number of benzene rings is 1. The van der Waals surface area contributed by atoms with Crippen LogP contribution >= 0.6 is 56.7 Å². The lowest BCUT2D eigenvalue weighted by molar-refractivity contribution is 0.128. The molecule has 0 saturated carbocycles. The highest BCUT2D eigenvalue weighted by atomic mass is 79.9. The summed E-state index contributed by atoms with van der Waals surface area (Å²) in [6, 6.07) is 7.16. The molecule has 2 atom stereocenters. The lowest BCUT2D eigenvalue weighted by Gasteiger charge is -2.38. The Morgan fingerprint density at radius 1 is 1.10 bits per heavy atom. The number of nitrogens with zero attached hydrogens (tertiary/aromatic N) is 1. The van der Waals surface area contributed by atoms with Gasteiger partial charge in [-0.2, -0.15) is 0 Å². The second-order valence-corrected chi connectivity index (χ2v) is 7.15. The molecule has 1 fully saturated rings. The fourth-order valence-corrected chi connectivity index (χ4v) is 4.16. The molecule has 2 nitrogen and oxygen atoms in total. The topological polar surface area (TPSA) is 15.3 Å². The van der Waals surface area contributed by atoms with E-state index in [0.717, 1.165) is 35.1 Å². The summed E-state index contributed by atoms with van der Waals surface area (Å²) in [6.45, 7) is 9.12. The Morgan fingerprint density at radius 2 is 1.62 bits per heavy atom. The predicted octanol–water partition coefficient (Wildman–Crippen LogP) is 5.05. The molecule has 0 spiro atoms. The number of hydrogen-bond donors (Lipinski definition) is 1. The minimum atomic E-state index is 0. The van der Waals surface area contributed by atoms with Crippen molar-refractivity contribution < 1.29 is 0 Å². The Morgan fingerprint density at radius 3 is 2.10 bits per heavy atom. The van der Waals surface area contributed by atoms with Crippen molar-refractivity contribution in [2.75, 3.05) is 26.2 Å². The monoisotopic (exact) mass is 460 g/mol. The Bertz CT molecular complexity index is 406. The van der Waals surface area contributed by atoms with Gasteiger partial charge in [-0.25, -0.2) is 0 Å². The van der Waals surface area contributed by atoms with Gasteiger partial charge in [0.25, 0.3) is 0 Å². The van der Waals surface area contributed by atoms with Crippen LogP contribution in [-0.2, 0) is 0 Å². The lowest BCUT2D eigenvalue weighted by atomic mass is 9.90. The molecule has 1 saturated heterocycles. The van der Waals surface area contributed by atoms with Crippen molar-refractivity contribution in [2.45, 2.75) is 26.3 Å². The summed E-state index contributed by atoms with van der Waals surface area (Å²) in [4.78, 5) is 2.62. The molecule has 1 aromatic rings. The van der Waals surface area contributed by atoms with E-state index in [4.69, 9.17) is 0 Å². The third-order valence-electron chi connectivity index (χ3n) is 3.95. The molecule has 0 radical (unpaired) electrons. The van der Waals surface area contributed by atoms with E-state index in [1.807, 2.05) is 0 Å². The van der Waals surface area contributed by atoms with Gasteiger partial charge in [-0.05, 0) is 29.7 Å². The number of rotatable bonds is 4. The number of nitrogens with one attached hydrogen (secondary N) is 1. The number of halogens is 4. The van der Waals surface area contributed by atoms with Crippen LogP contribution in [-0.4, -0.2) is 31.1 Å². The van der Waals surface area contributed by atoms with E-state index >= 15 is 0 Å². The van der Waals surface area contributed by atoms with E-state index in [2.05, 4.69) is 74.1 Å². The first kappa shape index (κ1) is 21.7. The molecule has 1 aliphatic rings. The minimum Gasteiger partial charge on any atom is -0.314 e. The van der Waals surface area contributed by atoms with Crippen molar-refractivity contribution in [3.05, 3.63) is 32.7 Å². The summed E-state index contributed by atoms with van der Waals surface area (Å²) >= 11 is 7.23. The summed E-state index contributed by atoms with van der Waals surface area (Å²) in [5.74, 6) is 0.666. The molecule has 2 rings (SSSR count). The first-order valence-corrected chi connectivity index (χ1v) is 8.61. The molecule has 0 bridgehead atoms. The maximum atomic E-state index is 3.62. The highest BCUT2D eigenvalue weighted by Gasteiger charge is 2.26. The molecule has 0 amide bonds. The second kappa shape index (κ2) is 10.5. The van der Waals surface area contributed by atoms with Crippen LogP contribution in [0.25, 0.3) is 0 Å². The molecule has 1 unspecified atom stereocenters. The molecule has 1 heterocycles. The zero-order valence-electron chi connectivity index (χ0n) is 12.4. The molecule has 21 heavy (non-hydrogen) atoms. The largest absolute Gasteiger partial charge is 0.314 e. The second-order valence-electron chi connectivity index (χ2n) is 5.32. The maximum absolute atomic E-state index is 3.62. The SMILES string of the molecule is CCC(C)[C@H](c1cc(Br)cc(Br)c1)N1CCNCC1.Cl.Cl. The van der Waals surface area contributed by atoms with E-state index < -0.39 is 0 Å². The summed E-state index contributed by atoms with van der Waals surface area (Å²) in [6.07, 6.45) is 1.21. The Balaban J connectivity index is 0.00000200. The highest BCUT2D eigenvalue weighted by molar-refractivity contribution is 9.11. The van der Waals surface area contributed by atoms with Crippen molar-refractivity contribution in [2.24, 2.45) is 5.92 Å². The summed E-state index contributed by atoms with van der Waals surface area (Å²) in [5.41, 5.74) is 1.41. The zero-order valence-corrected chi connectivity index (χ0v) is 17.2. The van der Waals surface area contributed by atoms with Crippen molar-refractivity contribution >= 4 is 56.7 Å². The molecule has 1 N–H and O–H groups in total. The van der Waals surface area contributed by atoms with Gasteiger partial charge in [-0.1, -0.05) is 52.1 Å². The molecule has 0 aliphatic carbocycles. The Kier molecular flexibility index (Phi) is 10.8. The van der Waals surface area contributed by atoms with Crippen molar-refractivity contribution in [1.82, 2.24) is 10.2 Å². The quantitative estimate of drug-likeness (QED) is 0.673. The first-order valence-electron chi connectivity index (χ1n) is 7.02. The van der Waals surface area contributed by atoms with Gasteiger partial charge in [0, 0.05) is 41.2 Å². The van der Waals surface area contributed by atoms with Crippen molar-refractivity contribution in [3.8, 4) is 0 Å². The smallest absolute Gasteiger partial charge is 0.0375 e. The molecule has 122 valence electrons. The van der Waals surface area contributed by atoms with Crippen LogP contribution in [0.5, 0.6) is 0 Å². The van der Waals surface area contributed by atoms with Gasteiger partial charge in [-0.3, -0.25) is 4.90 Å². The minimum absolute atomic E-state index is 0. The van der Waals surface area contributed by atoms with Crippen LogP contribution in [0.15, 0.2) is 27.1 Å². The lowest BCUT2D eigenvalue weighted by Crippen LogP contribution is -2.46. The third-order valence-corrected chi connectivity index (χ3v) is 4.87. The number of piperazine rings is 1. The summed E-state index contributed by atoms with van der Waals surface area (Å²) in [7, 11) is 0. The van der Waals surface area contributed by atoms with E-state index in [1.54, 1.807) is 0 Å². The van der Waals surface area contributed by atoms with Crippen LogP contribution in [0.2, 0.25) is 0 Å². The van der Waals surface area contributed by atoms with E-state index in [-0.39, 0.29) is 24.8 Å². The fourth-order valence-electron chi connectivity index (χ4n) is 2.83. The number of hydrogen-bond acceptors (Lipinski definition) is 2. The normalized spacial score (nSPS) is 18.3. The standard InChI is InChI=1S/C15H22Br2N2.2ClH/c1-3-11(2)15(19-6-4-18-5-7-19)12-8-13(16)10-14(17)9-12;;/h8-11,15,18H,3-7H2,1-2H3;2*1H/t11?,15-;;/m1../s1. The van der Waals surface area contributed by atoms with Gasteiger partial charge < -0.3 is 5.32 Å². The van der Waals surface area contributed by atoms with E-state index in [0.29, 0.717) is 12.0 Å². The predicted molar refractivity (Wildman–Crippen MR) is 103 cm³/mol. The van der Waals surface area contributed by atoms with Crippen LogP contribution < -0.4 is 5.32 Å².